The van der Waals surface area contributed by atoms with Crippen LogP contribution in [0.1, 0.15) is 33.6 Å². The summed E-state index contributed by atoms with van der Waals surface area (Å²) in [7, 11) is 0. The lowest BCUT2D eigenvalue weighted by Gasteiger charge is -2.20. The van der Waals surface area contributed by atoms with Crippen molar-refractivity contribution >= 4 is 18.3 Å². The van der Waals surface area contributed by atoms with Crippen molar-refractivity contribution in [2.75, 3.05) is 19.8 Å². The van der Waals surface area contributed by atoms with Crippen LogP contribution >= 0.6 is 0 Å². The molecule has 8 heteroatoms. The van der Waals surface area contributed by atoms with E-state index in [2.05, 4.69) is 10.6 Å². The van der Waals surface area contributed by atoms with Gasteiger partial charge in [0.25, 0.3) is 12.4 Å². The van der Waals surface area contributed by atoms with Crippen LogP contribution in [0, 0.1) is 11.8 Å². The molecule has 0 radical (unpaired) electrons. The molecule has 1 rings (SSSR count). The van der Waals surface area contributed by atoms with Crippen molar-refractivity contribution in [1.82, 2.24) is 10.6 Å². The number of aliphatic hydroxyl groups is 1. The standard InChI is InChI=1S/C14H26N2O4.CH2O2/c1-9(2)6-11(16-14(19)12-8-20-12)13(18)15-5-4-10(3)7-17;2-1-3/h9-12,17H,4-8H2,1-3H3,(H,15,18)(H,16,19);1H,(H,2,3)/t10?,11-,12?;/m0./s1. The fraction of sp³-hybridized carbons (Fsp3) is 0.800. The van der Waals surface area contributed by atoms with Gasteiger partial charge in [-0.1, -0.05) is 20.8 Å². The molecule has 0 aliphatic carbocycles. The van der Waals surface area contributed by atoms with Crippen LogP contribution in [-0.4, -0.2) is 60.4 Å². The number of hydrogen-bond acceptors (Lipinski definition) is 5. The summed E-state index contributed by atoms with van der Waals surface area (Å²) in [5.74, 6) is 0.0863. The van der Waals surface area contributed by atoms with Crippen LogP contribution in [-0.2, 0) is 19.1 Å². The summed E-state index contributed by atoms with van der Waals surface area (Å²) < 4.78 is 4.91. The Balaban J connectivity index is 0.00000149. The number of carbonyl (C=O) groups excluding carboxylic acids is 2. The second kappa shape index (κ2) is 11.8. The Kier molecular flexibility index (Phi) is 11.0. The lowest BCUT2D eigenvalue weighted by atomic mass is 10.0. The van der Waals surface area contributed by atoms with E-state index in [0.717, 1.165) is 6.42 Å². The Hall–Kier alpha value is -1.67. The zero-order chi connectivity index (χ0) is 17.8. The van der Waals surface area contributed by atoms with Gasteiger partial charge in [0.15, 0.2) is 6.10 Å². The molecule has 0 aromatic heterocycles. The summed E-state index contributed by atoms with van der Waals surface area (Å²) >= 11 is 0. The molecule has 1 fully saturated rings. The lowest BCUT2D eigenvalue weighted by molar-refractivity contribution is -0.130. The van der Waals surface area contributed by atoms with E-state index in [9.17, 15) is 9.59 Å². The van der Waals surface area contributed by atoms with Crippen molar-refractivity contribution in [2.45, 2.75) is 45.8 Å². The second-order valence-electron chi connectivity index (χ2n) is 5.99. The van der Waals surface area contributed by atoms with Crippen molar-refractivity contribution in [3.63, 3.8) is 0 Å². The zero-order valence-electron chi connectivity index (χ0n) is 13.9. The number of rotatable bonds is 9. The van der Waals surface area contributed by atoms with Crippen molar-refractivity contribution in [3.05, 3.63) is 0 Å². The summed E-state index contributed by atoms with van der Waals surface area (Å²) in [5, 5.41) is 21.4. The van der Waals surface area contributed by atoms with Gasteiger partial charge in [0.2, 0.25) is 5.91 Å². The monoisotopic (exact) mass is 332 g/mol. The van der Waals surface area contributed by atoms with E-state index in [-0.39, 0.29) is 36.9 Å². The van der Waals surface area contributed by atoms with Gasteiger partial charge in [-0.15, -0.1) is 0 Å². The second-order valence-corrected chi connectivity index (χ2v) is 5.99. The first-order chi connectivity index (χ1) is 10.8. The summed E-state index contributed by atoms with van der Waals surface area (Å²) in [4.78, 5) is 32.1. The predicted octanol–water partition coefficient (Wildman–Crippen LogP) is -0.248. The number of carboxylic acid groups (broad SMARTS) is 1. The Morgan fingerprint density at radius 3 is 2.35 bits per heavy atom. The number of ether oxygens (including phenoxy) is 1. The van der Waals surface area contributed by atoms with Crippen LogP contribution in [0.4, 0.5) is 0 Å². The lowest BCUT2D eigenvalue weighted by Crippen LogP contribution is -2.49. The van der Waals surface area contributed by atoms with E-state index in [1.807, 2.05) is 20.8 Å². The molecule has 0 aromatic rings. The maximum absolute atomic E-state index is 12.1. The summed E-state index contributed by atoms with van der Waals surface area (Å²) in [6.45, 7) is 6.74. The highest BCUT2D eigenvalue weighted by atomic mass is 16.6. The van der Waals surface area contributed by atoms with Gasteiger partial charge in [-0.25, -0.2) is 0 Å². The highest BCUT2D eigenvalue weighted by molar-refractivity contribution is 5.90. The van der Waals surface area contributed by atoms with Crippen LogP contribution in [0.15, 0.2) is 0 Å². The average Bonchev–Trinajstić information content (AvgIpc) is 3.31. The minimum atomic E-state index is -0.517. The van der Waals surface area contributed by atoms with Gasteiger partial charge in [-0.2, -0.15) is 0 Å². The summed E-state index contributed by atoms with van der Waals surface area (Å²) in [5.41, 5.74) is 0. The van der Waals surface area contributed by atoms with Gasteiger partial charge >= 0.3 is 0 Å². The molecular weight excluding hydrogens is 304 g/mol. The molecule has 0 aromatic carbocycles. The van der Waals surface area contributed by atoms with Gasteiger partial charge in [0.1, 0.15) is 6.04 Å². The molecule has 1 aliphatic heterocycles. The van der Waals surface area contributed by atoms with Crippen molar-refractivity contribution in [1.29, 1.82) is 0 Å². The number of hydrogen-bond donors (Lipinski definition) is 4. The Morgan fingerprint density at radius 1 is 1.35 bits per heavy atom. The molecule has 1 saturated heterocycles. The van der Waals surface area contributed by atoms with Crippen LogP contribution in [0.2, 0.25) is 0 Å². The van der Waals surface area contributed by atoms with Gasteiger partial charge < -0.3 is 25.6 Å². The first kappa shape index (κ1) is 21.3. The smallest absolute Gasteiger partial charge is 0.290 e. The Morgan fingerprint density at radius 2 is 1.91 bits per heavy atom. The molecule has 4 N–H and O–H groups in total. The fourth-order valence-corrected chi connectivity index (χ4v) is 1.82. The molecule has 0 saturated carbocycles. The van der Waals surface area contributed by atoms with E-state index in [0.29, 0.717) is 25.5 Å². The van der Waals surface area contributed by atoms with Crippen LogP contribution in [0.5, 0.6) is 0 Å². The number of amides is 2. The van der Waals surface area contributed by atoms with E-state index in [4.69, 9.17) is 19.7 Å². The number of carbonyl (C=O) groups is 3. The molecule has 8 nitrogen and oxygen atoms in total. The topological polar surface area (TPSA) is 128 Å². The molecule has 2 unspecified atom stereocenters. The summed E-state index contributed by atoms with van der Waals surface area (Å²) in [6, 6.07) is -0.517. The van der Waals surface area contributed by atoms with Crippen molar-refractivity contribution in [3.8, 4) is 0 Å². The van der Waals surface area contributed by atoms with Crippen LogP contribution in [0.3, 0.4) is 0 Å². The minimum absolute atomic E-state index is 0.112. The molecule has 23 heavy (non-hydrogen) atoms. The molecule has 0 bridgehead atoms. The molecule has 1 aliphatic rings. The minimum Gasteiger partial charge on any atom is -0.483 e. The molecule has 0 spiro atoms. The number of epoxide rings is 1. The van der Waals surface area contributed by atoms with Gasteiger partial charge in [0.05, 0.1) is 6.61 Å². The summed E-state index contributed by atoms with van der Waals surface area (Å²) in [6.07, 6.45) is 0.933. The molecule has 3 atom stereocenters. The maximum atomic E-state index is 12.1. The van der Waals surface area contributed by atoms with Crippen LogP contribution < -0.4 is 10.6 Å². The molecule has 2 amide bonds. The van der Waals surface area contributed by atoms with E-state index in [1.165, 1.54) is 0 Å². The number of nitrogens with one attached hydrogen (secondary N) is 2. The normalized spacial score (nSPS) is 18.2. The Bertz CT molecular complexity index is 371. The Labute approximate surface area is 136 Å². The molecule has 134 valence electrons. The van der Waals surface area contributed by atoms with Gasteiger partial charge in [-0.05, 0) is 24.7 Å². The first-order valence-corrected chi connectivity index (χ1v) is 7.74. The predicted molar refractivity (Wildman–Crippen MR) is 83.7 cm³/mol. The fourth-order valence-electron chi connectivity index (χ4n) is 1.82. The van der Waals surface area contributed by atoms with E-state index < -0.39 is 6.04 Å². The third-order valence-corrected chi connectivity index (χ3v) is 3.21. The third kappa shape index (κ3) is 10.6. The van der Waals surface area contributed by atoms with Crippen molar-refractivity contribution in [2.24, 2.45) is 11.8 Å². The van der Waals surface area contributed by atoms with Crippen LogP contribution in [0.25, 0.3) is 0 Å². The SMILES string of the molecule is CC(C)C[C@H](NC(=O)C1CO1)C(=O)NCCC(C)CO.O=CO. The largest absolute Gasteiger partial charge is 0.483 e. The quantitative estimate of drug-likeness (QED) is 0.340. The molecular formula is C15H28N2O6. The van der Waals surface area contributed by atoms with Crippen molar-refractivity contribution < 1.29 is 29.3 Å². The third-order valence-electron chi connectivity index (χ3n) is 3.21. The molecule has 1 heterocycles. The van der Waals surface area contributed by atoms with E-state index >= 15 is 0 Å². The maximum Gasteiger partial charge on any atom is 0.290 e. The highest BCUT2D eigenvalue weighted by Gasteiger charge is 2.34. The average molecular weight is 332 g/mol. The first-order valence-electron chi connectivity index (χ1n) is 7.74. The highest BCUT2D eigenvalue weighted by Crippen LogP contribution is 2.11. The van der Waals surface area contributed by atoms with Gasteiger partial charge in [-0.3, -0.25) is 14.4 Å². The zero-order valence-corrected chi connectivity index (χ0v) is 13.9. The van der Waals surface area contributed by atoms with E-state index in [1.54, 1.807) is 0 Å². The van der Waals surface area contributed by atoms with Gasteiger partial charge in [0, 0.05) is 13.2 Å². The number of aliphatic hydroxyl groups excluding tert-OH is 1.